The molecule has 0 unspecified atom stereocenters. The number of nitrogens with zero attached hydrogens (tertiary/aromatic N) is 2. The molecule has 5 nitrogen and oxygen atoms in total. The highest BCUT2D eigenvalue weighted by molar-refractivity contribution is 7.89. The molecule has 0 fully saturated rings. The van der Waals surface area contributed by atoms with Crippen molar-refractivity contribution in [1.82, 2.24) is 9.78 Å². The van der Waals surface area contributed by atoms with Crippen LogP contribution in [0.15, 0.2) is 59.5 Å². The van der Waals surface area contributed by atoms with Crippen LogP contribution in [0.5, 0.6) is 0 Å². The average molecular weight is 435 g/mol. The van der Waals surface area contributed by atoms with Gasteiger partial charge in [0.25, 0.3) is 0 Å². The number of nitrogens with two attached hydrogens (primary N) is 1. The molecular formula is C16H11Cl3FN3O2S. The molecule has 0 aliphatic carbocycles. The van der Waals surface area contributed by atoms with Crippen molar-refractivity contribution in [2.24, 2.45) is 5.14 Å². The number of primary sulfonamides is 1. The van der Waals surface area contributed by atoms with Gasteiger partial charge in [-0.25, -0.2) is 22.6 Å². The summed E-state index contributed by atoms with van der Waals surface area (Å²) >= 11 is 17.0. The second-order valence-corrected chi connectivity index (χ2v) is 8.55. The van der Waals surface area contributed by atoms with Crippen molar-refractivity contribution < 1.29 is 12.8 Å². The number of halogens is 4. The molecular weight excluding hydrogens is 424 g/mol. The lowest BCUT2D eigenvalue weighted by atomic mass is 10.1. The number of hydrogen-bond donors (Lipinski definition) is 1. The van der Waals surface area contributed by atoms with Crippen LogP contribution in [0.2, 0.25) is 5.02 Å². The molecule has 0 atom stereocenters. The molecule has 136 valence electrons. The lowest BCUT2D eigenvalue weighted by Crippen LogP contribution is -2.16. The molecule has 3 rings (SSSR count). The third-order valence-electron chi connectivity index (χ3n) is 3.54. The Balaban J connectivity index is 2.31. The predicted molar refractivity (Wildman–Crippen MR) is 99.9 cm³/mol. The summed E-state index contributed by atoms with van der Waals surface area (Å²) in [7, 11) is -4.06. The number of rotatable bonds is 4. The molecule has 26 heavy (non-hydrogen) atoms. The van der Waals surface area contributed by atoms with E-state index in [1.165, 1.54) is 28.9 Å². The number of alkyl halides is 3. The van der Waals surface area contributed by atoms with E-state index in [0.29, 0.717) is 16.3 Å². The van der Waals surface area contributed by atoms with Crippen molar-refractivity contribution in [3.63, 3.8) is 0 Å². The maximum absolute atomic E-state index is 14.0. The molecule has 1 heterocycles. The summed E-state index contributed by atoms with van der Waals surface area (Å²) < 4.78 is 36.3. The third kappa shape index (κ3) is 3.87. The highest BCUT2D eigenvalue weighted by Crippen LogP contribution is 2.38. The van der Waals surface area contributed by atoms with Crippen molar-refractivity contribution in [3.05, 3.63) is 65.3 Å². The molecule has 0 spiro atoms. The minimum absolute atomic E-state index is 0.129. The minimum Gasteiger partial charge on any atom is -0.231 e. The van der Waals surface area contributed by atoms with E-state index in [0.717, 1.165) is 0 Å². The monoisotopic (exact) mass is 433 g/mol. The first-order chi connectivity index (χ1) is 12.1. The Morgan fingerprint density at radius 2 is 1.69 bits per heavy atom. The minimum atomic E-state index is -4.06. The van der Waals surface area contributed by atoms with Crippen LogP contribution >= 0.6 is 34.8 Å². The van der Waals surface area contributed by atoms with Crippen molar-refractivity contribution in [3.8, 4) is 16.9 Å². The van der Waals surface area contributed by atoms with Crippen LogP contribution < -0.4 is 5.14 Å². The van der Waals surface area contributed by atoms with Gasteiger partial charge in [0, 0.05) is 10.6 Å². The van der Waals surface area contributed by atoms with Crippen LogP contribution in [0, 0.1) is 0 Å². The van der Waals surface area contributed by atoms with Crippen molar-refractivity contribution in [2.45, 2.75) is 9.48 Å². The molecule has 0 saturated heterocycles. The number of hydrogen-bond acceptors (Lipinski definition) is 3. The van der Waals surface area contributed by atoms with E-state index in [9.17, 15) is 12.8 Å². The van der Waals surface area contributed by atoms with E-state index < -0.39 is 14.6 Å². The molecule has 0 radical (unpaired) electrons. The van der Waals surface area contributed by atoms with E-state index >= 15 is 0 Å². The zero-order chi connectivity index (χ0) is 19.1. The van der Waals surface area contributed by atoms with Gasteiger partial charge in [-0.2, -0.15) is 5.10 Å². The topological polar surface area (TPSA) is 78.0 Å². The molecule has 0 aliphatic rings. The Bertz CT molecular complexity index is 1060. The maximum atomic E-state index is 14.0. The van der Waals surface area contributed by atoms with E-state index in [-0.39, 0.29) is 16.3 Å². The average Bonchev–Trinajstić information content (AvgIpc) is 3.00. The van der Waals surface area contributed by atoms with Gasteiger partial charge in [0.05, 0.1) is 11.4 Å². The van der Waals surface area contributed by atoms with Crippen LogP contribution in [0.3, 0.4) is 0 Å². The van der Waals surface area contributed by atoms with Gasteiger partial charge in [-0.3, -0.25) is 0 Å². The smallest absolute Gasteiger partial charge is 0.231 e. The fourth-order valence-corrected chi connectivity index (χ4v) is 3.43. The second-order valence-electron chi connectivity index (χ2n) is 5.34. The van der Waals surface area contributed by atoms with Crippen molar-refractivity contribution in [1.29, 1.82) is 0 Å². The summed E-state index contributed by atoms with van der Waals surface area (Å²) in [6, 6.07) is 13.8. The van der Waals surface area contributed by atoms with Crippen LogP contribution in [0.4, 0.5) is 4.39 Å². The van der Waals surface area contributed by atoms with Gasteiger partial charge in [0.2, 0.25) is 10.0 Å². The Labute approximate surface area is 164 Å². The van der Waals surface area contributed by atoms with Crippen LogP contribution in [-0.4, -0.2) is 18.2 Å². The van der Waals surface area contributed by atoms with E-state index in [1.54, 1.807) is 30.3 Å². The number of para-hydroxylation sites is 1. The Hall–Kier alpha value is -1.64. The summed E-state index contributed by atoms with van der Waals surface area (Å²) in [6.45, 7) is 0. The highest BCUT2D eigenvalue weighted by atomic mass is 35.5. The lowest BCUT2D eigenvalue weighted by molar-refractivity contribution is 0.394. The Kier molecular flexibility index (Phi) is 5.02. The molecule has 0 aliphatic heterocycles. The number of sulfonamides is 1. The largest absolute Gasteiger partial charge is 0.301 e. The molecule has 0 amide bonds. The predicted octanol–water partition coefficient (Wildman–Crippen LogP) is 4.40. The van der Waals surface area contributed by atoms with E-state index in [1.807, 2.05) is 0 Å². The summed E-state index contributed by atoms with van der Waals surface area (Å²) in [5, 5.41) is 9.83. The van der Waals surface area contributed by atoms with Gasteiger partial charge in [-0.05, 0) is 30.3 Å². The fraction of sp³-hybridized carbons (Fsp3) is 0.0625. The third-order valence-corrected chi connectivity index (χ3v) is 5.14. The number of benzene rings is 2. The second kappa shape index (κ2) is 6.83. The van der Waals surface area contributed by atoms with Gasteiger partial charge in [0.1, 0.15) is 10.6 Å². The van der Waals surface area contributed by atoms with Crippen LogP contribution in [0.25, 0.3) is 16.9 Å². The molecule has 0 bridgehead atoms. The zero-order valence-electron chi connectivity index (χ0n) is 12.9. The van der Waals surface area contributed by atoms with Gasteiger partial charge < -0.3 is 0 Å². The number of aromatic nitrogens is 2. The summed E-state index contributed by atoms with van der Waals surface area (Å²) in [4.78, 5) is -0.182. The van der Waals surface area contributed by atoms with E-state index in [2.05, 4.69) is 5.10 Å². The van der Waals surface area contributed by atoms with Gasteiger partial charge in [-0.1, -0.05) is 59.1 Å². The Morgan fingerprint density at radius 1 is 1.08 bits per heavy atom. The first kappa shape index (κ1) is 19.1. The molecule has 0 saturated carbocycles. The molecule has 1 aromatic heterocycles. The van der Waals surface area contributed by atoms with Crippen LogP contribution in [0.1, 0.15) is 5.69 Å². The summed E-state index contributed by atoms with van der Waals surface area (Å²) in [6.07, 6.45) is 0. The molecule has 3 aromatic rings. The standard InChI is InChI=1S/C16H11Cl3FN3O2S/c17-11-7-5-10(6-8-11)13-9-15(16(18,19)20)22-23(13)12-3-1-2-4-14(12)26(21,24)25/h1-9H,(H2,21,24,25). The van der Waals surface area contributed by atoms with Gasteiger partial charge in [-0.15, -0.1) is 0 Å². The molecule has 2 aromatic carbocycles. The first-order valence-corrected chi connectivity index (χ1v) is 9.81. The molecule has 10 heteroatoms. The van der Waals surface area contributed by atoms with Gasteiger partial charge in [0.15, 0.2) is 0 Å². The zero-order valence-corrected chi connectivity index (χ0v) is 16.0. The lowest BCUT2D eigenvalue weighted by Gasteiger charge is -2.11. The normalized spacial score (nSPS) is 12.3. The summed E-state index contributed by atoms with van der Waals surface area (Å²) in [5.41, 5.74) is 0.782. The van der Waals surface area contributed by atoms with Crippen molar-refractivity contribution >= 4 is 44.8 Å². The first-order valence-electron chi connectivity index (χ1n) is 7.13. The van der Waals surface area contributed by atoms with Crippen molar-refractivity contribution in [2.75, 3.05) is 0 Å². The SMILES string of the molecule is NS(=O)(=O)c1ccccc1-n1nc(C(F)(Cl)Cl)cc1-c1ccc(Cl)cc1. The fourth-order valence-electron chi connectivity index (χ4n) is 2.40. The van der Waals surface area contributed by atoms with E-state index in [4.69, 9.17) is 39.9 Å². The maximum Gasteiger partial charge on any atom is 0.301 e. The Morgan fingerprint density at radius 3 is 2.27 bits per heavy atom. The summed E-state index contributed by atoms with van der Waals surface area (Å²) in [5.74, 6) is 0. The van der Waals surface area contributed by atoms with Crippen LogP contribution in [-0.2, 0) is 14.6 Å². The molecule has 2 N–H and O–H groups in total. The quantitative estimate of drug-likeness (QED) is 0.618. The van der Waals surface area contributed by atoms with Gasteiger partial charge >= 0.3 is 4.59 Å². The highest BCUT2D eigenvalue weighted by Gasteiger charge is 2.31.